The molecule has 1 nitrogen and oxygen atoms in total. The minimum atomic E-state index is -0.234. The third-order valence-electron chi connectivity index (χ3n) is 2.93. The Kier molecular flexibility index (Phi) is 5.56. The number of nitrogens with one attached hydrogen (secondary N) is 1. The summed E-state index contributed by atoms with van der Waals surface area (Å²) in [5.74, 6) is 0.308. The van der Waals surface area contributed by atoms with Crippen molar-refractivity contribution in [3.05, 3.63) is 65.7 Å². The molecule has 106 valence electrons. The van der Waals surface area contributed by atoms with Crippen molar-refractivity contribution in [1.82, 2.24) is 5.32 Å². The second-order valence-corrected chi connectivity index (χ2v) is 5.52. The quantitative estimate of drug-likeness (QED) is 0.792. The lowest BCUT2D eigenvalue weighted by Crippen LogP contribution is -2.23. The minimum absolute atomic E-state index is 0.0748. The summed E-state index contributed by atoms with van der Waals surface area (Å²) in [6.45, 7) is 2.83. The fraction of sp³-hybridized carbons (Fsp3) is 0.250. The van der Waals surface area contributed by atoms with Crippen molar-refractivity contribution < 1.29 is 8.78 Å². The zero-order valence-corrected chi connectivity index (χ0v) is 12.1. The fourth-order valence-corrected chi connectivity index (χ4v) is 2.95. The lowest BCUT2D eigenvalue weighted by Gasteiger charge is -2.18. The van der Waals surface area contributed by atoms with Gasteiger partial charge in [-0.05, 0) is 48.5 Å². The summed E-state index contributed by atoms with van der Waals surface area (Å²) in [5, 5.41) is 3.35. The molecule has 0 bridgehead atoms. The van der Waals surface area contributed by atoms with Crippen molar-refractivity contribution in [3.63, 3.8) is 0 Å². The van der Waals surface area contributed by atoms with Crippen LogP contribution in [0.5, 0.6) is 0 Å². The van der Waals surface area contributed by atoms with E-state index in [2.05, 4.69) is 5.32 Å². The maximum absolute atomic E-state index is 13.3. The highest BCUT2D eigenvalue weighted by Crippen LogP contribution is 2.25. The largest absolute Gasteiger partial charge is 0.309 e. The highest BCUT2D eigenvalue weighted by Gasteiger charge is 2.11. The molecule has 0 aliphatic heterocycles. The Hall–Kier alpha value is -1.39. The van der Waals surface area contributed by atoms with Gasteiger partial charge in [0.1, 0.15) is 11.6 Å². The van der Waals surface area contributed by atoms with Crippen LogP contribution in [0.2, 0.25) is 0 Å². The van der Waals surface area contributed by atoms with E-state index in [1.54, 1.807) is 36.0 Å². The number of hydrogen-bond donors (Lipinski definition) is 1. The summed E-state index contributed by atoms with van der Waals surface area (Å²) in [5.41, 5.74) is 0.932. The summed E-state index contributed by atoms with van der Waals surface area (Å²) in [4.78, 5) is 1.01. The van der Waals surface area contributed by atoms with Crippen molar-refractivity contribution in [2.24, 2.45) is 0 Å². The Balaban J connectivity index is 2.04. The molecule has 0 saturated heterocycles. The highest BCUT2D eigenvalue weighted by atomic mass is 32.2. The molecular formula is C16H17F2NS. The maximum atomic E-state index is 13.3. The van der Waals surface area contributed by atoms with Crippen molar-refractivity contribution in [1.29, 1.82) is 0 Å². The van der Waals surface area contributed by atoms with E-state index in [0.717, 1.165) is 22.8 Å². The van der Waals surface area contributed by atoms with Crippen LogP contribution in [0, 0.1) is 11.6 Å². The van der Waals surface area contributed by atoms with E-state index >= 15 is 0 Å². The van der Waals surface area contributed by atoms with Gasteiger partial charge in [-0.1, -0.05) is 19.1 Å². The zero-order chi connectivity index (χ0) is 14.4. The maximum Gasteiger partial charge on any atom is 0.123 e. The van der Waals surface area contributed by atoms with E-state index in [1.807, 2.05) is 13.0 Å². The van der Waals surface area contributed by atoms with E-state index in [0.29, 0.717) is 0 Å². The molecule has 0 spiro atoms. The smallest absolute Gasteiger partial charge is 0.123 e. The normalized spacial score (nSPS) is 12.3. The number of halogens is 2. The molecule has 4 heteroatoms. The van der Waals surface area contributed by atoms with Gasteiger partial charge in [0, 0.05) is 16.7 Å². The molecule has 0 saturated carbocycles. The van der Waals surface area contributed by atoms with Crippen LogP contribution in [-0.4, -0.2) is 12.3 Å². The predicted octanol–water partition coefficient (Wildman–Crippen LogP) is 4.41. The summed E-state index contributed by atoms with van der Waals surface area (Å²) in [6, 6.07) is 13.1. The van der Waals surface area contributed by atoms with E-state index in [-0.39, 0.29) is 17.7 Å². The molecule has 0 amide bonds. The Morgan fingerprint density at radius 2 is 1.80 bits per heavy atom. The van der Waals surface area contributed by atoms with E-state index < -0.39 is 0 Å². The van der Waals surface area contributed by atoms with E-state index in [1.165, 1.54) is 18.2 Å². The Labute approximate surface area is 122 Å². The van der Waals surface area contributed by atoms with Crippen molar-refractivity contribution >= 4 is 11.8 Å². The van der Waals surface area contributed by atoms with Crippen LogP contribution < -0.4 is 5.32 Å². The third kappa shape index (κ3) is 4.32. The van der Waals surface area contributed by atoms with Crippen molar-refractivity contribution in [3.8, 4) is 0 Å². The number of hydrogen-bond acceptors (Lipinski definition) is 2. The average molecular weight is 293 g/mol. The molecule has 0 radical (unpaired) electrons. The summed E-state index contributed by atoms with van der Waals surface area (Å²) >= 11 is 1.63. The van der Waals surface area contributed by atoms with Crippen molar-refractivity contribution in [2.45, 2.75) is 17.9 Å². The van der Waals surface area contributed by atoms with Crippen LogP contribution in [0.25, 0.3) is 0 Å². The fourth-order valence-electron chi connectivity index (χ4n) is 1.95. The lowest BCUT2D eigenvalue weighted by molar-refractivity contribution is 0.588. The molecule has 2 rings (SSSR count). The highest BCUT2D eigenvalue weighted by molar-refractivity contribution is 7.99. The van der Waals surface area contributed by atoms with E-state index in [4.69, 9.17) is 0 Å². The van der Waals surface area contributed by atoms with Crippen LogP contribution in [-0.2, 0) is 0 Å². The van der Waals surface area contributed by atoms with Gasteiger partial charge < -0.3 is 5.32 Å². The molecule has 1 N–H and O–H groups in total. The van der Waals surface area contributed by atoms with Crippen LogP contribution in [0.15, 0.2) is 53.4 Å². The standard InChI is InChI=1S/C16H17F2NS/c1-2-19-16(12-4-3-5-14(18)10-12)11-20-15-8-6-13(17)7-9-15/h3-10,16,19H,2,11H2,1H3. The average Bonchev–Trinajstić information content (AvgIpc) is 2.45. The van der Waals surface area contributed by atoms with Crippen molar-refractivity contribution in [2.75, 3.05) is 12.3 Å². The molecule has 0 aromatic heterocycles. The molecule has 2 aromatic rings. The molecule has 1 unspecified atom stereocenters. The lowest BCUT2D eigenvalue weighted by atomic mass is 10.1. The van der Waals surface area contributed by atoms with Crippen LogP contribution >= 0.6 is 11.8 Å². The molecule has 0 aliphatic carbocycles. The number of rotatable bonds is 6. The summed E-state index contributed by atoms with van der Waals surface area (Å²) in [7, 11) is 0. The van der Waals surface area contributed by atoms with Gasteiger partial charge in [-0.25, -0.2) is 8.78 Å². The third-order valence-corrected chi connectivity index (χ3v) is 4.04. The second kappa shape index (κ2) is 7.41. The number of benzene rings is 2. The van der Waals surface area contributed by atoms with Gasteiger partial charge in [0.25, 0.3) is 0 Å². The van der Waals surface area contributed by atoms with Gasteiger partial charge in [0.15, 0.2) is 0 Å². The summed E-state index contributed by atoms with van der Waals surface area (Å²) in [6.07, 6.45) is 0. The first-order valence-corrected chi connectivity index (χ1v) is 7.55. The topological polar surface area (TPSA) is 12.0 Å². The monoisotopic (exact) mass is 293 g/mol. The van der Waals surface area contributed by atoms with Gasteiger partial charge in [-0.2, -0.15) is 0 Å². The first-order valence-electron chi connectivity index (χ1n) is 6.56. The van der Waals surface area contributed by atoms with Gasteiger partial charge in [0.05, 0.1) is 0 Å². The van der Waals surface area contributed by atoms with E-state index in [9.17, 15) is 8.78 Å². The minimum Gasteiger partial charge on any atom is -0.309 e. The number of thioether (sulfide) groups is 1. The summed E-state index contributed by atoms with van der Waals surface area (Å²) < 4.78 is 26.2. The first-order chi connectivity index (χ1) is 9.69. The molecule has 0 heterocycles. The Morgan fingerprint density at radius 3 is 2.45 bits per heavy atom. The molecule has 20 heavy (non-hydrogen) atoms. The molecule has 0 fully saturated rings. The predicted molar refractivity (Wildman–Crippen MR) is 79.9 cm³/mol. The van der Waals surface area contributed by atoms with Gasteiger partial charge in [-0.15, -0.1) is 11.8 Å². The zero-order valence-electron chi connectivity index (χ0n) is 11.3. The second-order valence-electron chi connectivity index (χ2n) is 4.43. The SMILES string of the molecule is CCNC(CSc1ccc(F)cc1)c1cccc(F)c1. The van der Waals surface area contributed by atoms with Crippen LogP contribution in [0.4, 0.5) is 8.78 Å². The van der Waals surface area contributed by atoms with Crippen LogP contribution in [0.1, 0.15) is 18.5 Å². The molecule has 2 aromatic carbocycles. The van der Waals surface area contributed by atoms with Crippen LogP contribution in [0.3, 0.4) is 0 Å². The van der Waals surface area contributed by atoms with Gasteiger partial charge in [-0.3, -0.25) is 0 Å². The molecule has 0 aliphatic rings. The Morgan fingerprint density at radius 1 is 1.05 bits per heavy atom. The first kappa shape index (κ1) is 15.0. The van der Waals surface area contributed by atoms with Gasteiger partial charge in [0.2, 0.25) is 0 Å². The molecule has 1 atom stereocenters. The molecular weight excluding hydrogens is 276 g/mol. The Bertz CT molecular complexity index is 542. The van der Waals surface area contributed by atoms with Gasteiger partial charge >= 0.3 is 0 Å².